The molecule has 0 aliphatic carbocycles. The highest BCUT2D eigenvalue weighted by Crippen LogP contribution is 2.33. The van der Waals surface area contributed by atoms with Crippen molar-refractivity contribution in [3.63, 3.8) is 0 Å². The van der Waals surface area contributed by atoms with Gasteiger partial charge in [-0.3, -0.25) is 9.69 Å². The van der Waals surface area contributed by atoms with Gasteiger partial charge in [-0.2, -0.15) is 0 Å². The smallest absolute Gasteiger partial charge is 0.322 e. The number of hydrogen-bond donors (Lipinski definition) is 2. The van der Waals surface area contributed by atoms with Crippen molar-refractivity contribution >= 4 is 29.0 Å². The molecular formula is C19H21N3O2. The van der Waals surface area contributed by atoms with Gasteiger partial charge in [-0.25, -0.2) is 4.79 Å². The lowest BCUT2D eigenvalue weighted by atomic mass is 10.0. The molecule has 0 bridgehead atoms. The lowest BCUT2D eigenvalue weighted by Gasteiger charge is -2.36. The van der Waals surface area contributed by atoms with Gasteiger partial charge in [-0.15, -0.1) is 0 Å². The van der Waals surface area contributed by atoms with E-state index in [0.29, 0.717) is 12.1 Å². The van der Waals surface area contributed by atoms with Gasteiger partial charge in [0.25, 0.3) is 0 Å². The Hall–Kier alpha value is -2.82. The molecule has 2 aromatic rings. The number of amides is 3. The topological polar surface area (TPSA) is 61.4 Å². The van der Waals surface area contributed by atoms with Crippen molar-refractivity contribution in [2.75, 3.05) is 15.5 Å². The van der Waals surface area contributed by atoms with Crippen LogP contribution in [-0.2, 0) is 4.79 Å². The molecule has 0 spiro atoms. The number of aryl methyl sites for hydroxylation is 1. The molecule has 0 saturated heterocycles. The minimum absolute atomic E-state index is 0.143. The molecule has 3 amide bonds. The Kier molecular flexibility index (Phi) is 4.51. The highest BCUT2D eigenvalue weighted by molar-refractivity contribution is 6.14. The van der Waals surface area contributed by atoms with E-state index in [-0.39, 0.29) is 11.9 Å². The molecule has 5 nitrogen and oxygen atoms in total. The maximum absolute atomic E-state index is 12.9. The van der Waals surface area contributed by atoms with Gasteiger partial charge in [0.1, 0.15) is 6.04 Å². The van der Waals surface area contributed by atoms with Gasteiger partial charge in [-0.05, 0) is 37.1 Å². The van der Waals surface area contributed by atoms with E-state index < -0.39 is 6.04 Å². The highest BCUT2D eigenvalue weighted by Gasteiger charge is 2.36. The summed E-state index contributed by atoms with van der Waals surface area (Å²) in [6.07, 6.45) is 1.43. The third-order valence-electron chi connectivity index (χ3n) is 4.20. The quantitative estimate of drug-likeness (QED) is 0.891. The fraction of sp³-hybridized carbons (Fsp3) is 0.263. The van der Waals surface area contributed by atoms with Gasteiger partial charge in [-0.1, -0.05) is 43.7 Å². The monoisotopic (exact) mass is 323 g/mol. The van der Waals surface area contributed by atoms with Crippen LogP contribution in [-0.4, -0.2) is 18.0 Å². The van der Waals surface area contributed by atoms with Crippen LogP contribution in [0.15, 0.2) is 48.5 Å². The number of nitrogens with one attached hydrogen (secondary N) is 2. The van der Waals surface area contributed by atoms with E-state index in [0.717, 1.165) is 23.4 Å². The molecule has 1 unspecified atom stereocenters. The fourth-order valence-electron chi connectivity index (χ4n) is 2.96. The predicted octanol–water partition coefficient (Wildman–Crippen LogP) is 4.15. The molecule has 124 valence electrons. The average molecular weight is 323 g/mol. The third kappa shape index (κ3) is 2.97. The second-order valence-electron chi connectivity index (χ2n) is 5.93. The molecule has 3 rings (SSSR count). The molecule has 1 aliphatic heterocycles. The van der Waals surface area contributed by atoms with Crippen molar-refractivity contribution in [2.24, 2.45) is 0 Å². The van der Waals surface area contributed by atoms with E-state index in [1.54, 1.807) is 4.90 Å². The SMILES string of the molecule is CCCC1C(=O)Nc2ccccc2N1C(=O)Nc1ccccc1C. The maximum atomic E-state index is 12.9. The average Bonchev–Trinajstić information content (AvgIpc) is 2.57. The fourth-order valence-corrected chi connectivity index (χ4v) is 2.96. The second-order valence-corrected chi connectivity index (χ2v) is 5.93. The summed E-state index contributed by atoms with van der Waals surface area (Å²) in [4.78, 5) is 27.0. The molecular weight excluding hydrogens is 302 g/mol. The van der Waals surface area contributed by atoms with Crippen LogP contribution in [0.1, 0.15) is 25.3 Å². The lowest BCUT2D eigenvalue weighted by Crippen LogP contribution is -2.52. The number of carbonyl (C=O) groups excluding carboxylic acids is 2. The summed E-state index contributed by atoms with van der Waals surface area (Å²) in [7, 11) is 0. The van der Waals surface area contributed by atoms with E-state index in [2.05, 4.69) is 10.6 Å². The first-order valence-electron chi connectivity index (χ1n) is 8.17. The van der Waals surface area contributed by atoms with Crippen molar-refractivity contribution in [1.29, 1.82) is 0 Å². The van der Waals surface area contributed by atoms with Crippen LogP contribution in [0.25, 0.3) is 0 Å². The number of fused-ring (bicyclic) bond motifs is 1. The Morgan fingerprint density at radius 2 is 1.88 bits per heavy atom. The number of benzene rings is 2. The third-order valence-corrected chi connectivity index (χ3v) is 4.20. The summed E-state index contributed by atoms with van der Waals surface area (Å²) in [5, 5.41) is 5.83. The predicted molar refractivity (Wildman–Crippen MR) is 96.4 cm³/mol. The Bertz CT molecular complexity index is 773. The van der Waals surface area contributed by atoms with E-state index in [1.165, 1.54) is 0 Å². The molecule has 0 radical (unpaired) electrons. The molecule has 2 aromatic carbocycles. The van der Waals surface area contributed by atoms with Crippen LogP contribution in [0.2, 0.25) is 0 Å². The molecule has 2 N–H and O–H groups in total. The van der Waals surface area contributed by atoms with Gasteiger partial charge in [0.05, 0.1) is 11.4 Å². The van der Waals surface area contributed by atoms with Crippen LogP contribution >= 0.6 is 0 Å². The molecule has 0 fully saturated rings. The summed E-state index contributed by atoms with van der Waals surface area (Å²) in [6.45, 7) is 3.95. The van der Waals surface area contributed by atoms with E-state index in [4.69, 9.17) is 0 Å². The Morgan fingerprint density at radius 1 is 1.17 bits per heavy atom. The van der Waals surface area contributed by atoms with Gasteiger partial charge in [0.15, 0.2) is 0 Å². The molecule has 1 aliphatic rings. The van der Waals surface area contributed by atoms with Crippen LogP contribution < -0.4 is 15.5 Å². The molecule has 1 atom stereocenters. The van der Waals surface area contributed by atoms with Crippen LogP contribution in [0.5, 0.6) is 0 Å². The normalized spacial score (nSPS) is 16.3. The number of rotatable bonds is 3. The van der Waals surface area contributed by atoms with Crippen LogP contribution in [0.3, 0.4) is 0 Å². The van der Waals surface area contributed by atoms with Gasteiger partial charge in [0, 0.05) is 5.69 Å². The van der Waals surface area contributed by atoms with Crippen molar-refractivity contribution in [3.05, 3.63) is 54.1 Å². The molecule has 0 aromatic heterocycles. The number of hydrogen-bond acceptors (Lipinski definition) is 2. The first-order valence-corrected chi connectivity index (χ1v) is 8.17. The second kappa shape index (κ2) is 6.74. The Balaban J connectivity index is 1.96. The first kappa shape index (κ1) is 16.1. The summed E-state index contributed by atoms with van der Waals surface area (Å²) < 4.78 is 0. The minimum Gasteiger partial charge on any atom is -0.322 e. The van der Waals surface area contributed by atoms with Crippen molar-refractivity contribution in [2.45, 2.75) is 32.7 Å². The standard InChI is InChI=1S/C19H21N3O2/c1-3-8-17-18(23)20-15-11-6-7-12-16(15)22(17)19(24)21-14-10-5-4-9-13(14)2/h4-7,9-12,17H,3,8H2,1-2H3,(H,20,23)(H,21,24). The number of para-hydroxylation sites is 3. The molecule has 0 saturated carbocycles. The lowest BCUT2D eigenvalue weighted by molar-refractivity contribution is -0.117. The summed E-state index contributed by atoms with van der Waals surface area (Å²) in [6, 6.07) is 14.2. The van der Waals surface area contributed by atoms with E-state index in [9.17, 15) is 9.59 Å². The maximum Gasteiger partial charge on any atom is 0.327 e. The Labute approximate surface area is 141 Å². The number of carbonyl (C=O) groups is 2. The number of urea groups is 1. The zero-order valence-electron chi connectivity index (χ0n) is 13.9. The number of nitrogens with zero attached hydrogens (tertiary/aromatic N) is 1. The van der Waals surface area contributed by atoms with Crippen molar-refractivity contribution in [3.8, 4) is 0 Å². The highest BCUT2D eigenvalue weighted by atomic mass is 16.2. The molecule has 1 heterocycles. The zero-order chi connectivity index (χ0) is 17.1. The largest absolute Gasteiger partial charge is 0.327 e. The van der Waals surface area contributed by atoms with Crippen molar-refractivity contribution in [1.82, 2.24) is 0 Å². The molecule has 5 heteroatoms. The minimum atomic E-state index is -0.506. The van der Waals surface area contributed by atoms with Crippen molar-refractivity contribution < 1.29 is 9.59 Å². The molecule has 24 heavy (non-hydrogen) atoms. The van der Waals surface area contributed by atoms with Crippen LogP contribution in [0.4, 0.5) is 21.9 Å². The zero-order valence-corrected chi connectivity index (χ0v) is 13.9. The van der Waals surface area contributed by atoms with Gasteiger partial charge >= 0.3 is 6.03 Å². The summed E-state index contributed by atoms with van der Waals surface area (Å²) >= 11 is 0. The van der Waals surface area contributed by atoms with Gasteiger partial charge in [0.2, 0.25) is 5.91 Å². The number of anilines is 3. The summed E-state index contributed by atoms with van der Waals surface area (Å²) in [5.74, 6) is -0.143. The van der Waals surface area contributed by atoms with Gasteiger partial charge < -0.3 is 10.6 Å². The Morgan fingerprint density at radius 3 is 2.62 bits per heavy atom. The van der Waals surface area contributed by atoms with E-state index in [1.807, 2.05) is 62.4 Å². The first-order chi connectivity index (χ1) is 11.6. The summed E-state index contributed by atoms with van der Waals surface area (Å²) in [5.41, 5.74) is 3.12. The van der Waals surface area contributed by atoms with Crippen LogP contribution in [0, 0.1) is 6.92 Å². The van der Waals surface area contributed by atoms with E-state index >= 15 is 0 Å².